The minimum atomic E-state index is -4.51. The van der Waals surface area contributed by atoms with Gasteiger partial charge in [0.2, 0.25) is 5.91 Å². The fourth-order valence-corrected chi connectivity index (χ4v) is 3.03. The lowest BCUT2D eigenvalue weighted by Crippen LogP contribution is -2.36. The van der Waals surface area contributed by atoms with Crippen LogP contribution in [0.25, 0.3) is 0 Å². The summed E-state index contributed by atoms with van der Waals surface area (Å²) in [4.78, 5) is 21.2. The zero-order valence-corrected chi connectivity index (χ0v) is 11.4. The number of nitrogens with one attached hydrogen (secondary N) is 1. The molecule has 1 N–H and O–H groups in total. The molecular weight excluding hydrogens is 285 g/mol. The number of nitrogens with zero attached hydrogens (tertiary/aromatic N) is 3. The van der Waals surface area contributed by atoms with E-state index in [9.17, 15) is 18.0 Å². The van der Waals surface area contributed by atoms with Gasteiger partial charge in [0.15, 0.2) is 0 Å². The van der Waals surface area contributed by atoms with Crippen molar-refractivity contribution in [3.05, 3.63) is 23.3 Å². The summed E-state index contributed by atoms with van der Waals surface area (Å²) in [5.74, 6) is -0.0147. The molecule has 0 aromatic carbocycles. The van der Waals surface area contributed by atoms with Crippen molar-refractivity contribution >= 4 is 5.91 Å². The number of rotatable bonds is 2. The summed E-state index contributed by atoms with van der Waals surface area (Å²) in [5, 5.41) is 3.23. The van der Waals surface area contributed by atoms with Crippen molar-refractivity contribution < 1.29 is 18.0 Å². The third-order valence-electron chi connectivity index (χ3n) is 3.93. The highest BCUT2D eigenvalue weighted by Gasteiger charge is 2.42. The van der Waals surface area contributed by atoms with E-state index in [1.54, 1.807) is 4.90 Å². The van der Waals surface area contributed by atoms with Gasteiger partial charge in [-0.3, -0.25) is 4.79 Å². The molecule has 1 aromatic rings. The van der Waals surface area contributed by atoms with E-state index in [1.165, 1.54) is 6.92 Å². The van der Waals surface area contributed by atoms with Crippen LogP contribution < -0.4 is 5.32 Å². The molecule has 21 heavy (non-hydrogen) atoms. The first-order valence-electron chi connectivity index (χ1n) is 6.79. The fraction of sp³-hybridized carbons (Fsp3) is 0.615. The molecule has 2 aliphatic rings. The molecule has 3 rings (SSSR count). The molecule has 2 fully saturated rings. The summed E-state index contributed by atoms with van der Waals surface area (Å²) < 4.78 is 38.3. The number of fused-ring (bicyclic) bond motifs is 1. The third kappa shape index (κ3) is 2.72. The molecule has 5 nitrogen and oxygen atoms in total. The first-order chi connectivity index (χ1) is 9.84. The Labute approximate surface area is 119 Å². The maximum absolute atomic E-state index is 12.8. The van der Waals surface area contributed by atoms with Gasteiger partial charge >= 0.3 is 6.18 Å². The van der Waals surface area contributed by atoms with Crippen molar-refractivity contribution in [1.82, 2.24) is 20.2 Å². The maximum atomic E-state index is 12.8. The molecule has 1 amide bonds. The van der Waals surface area contributed by atoms with E-state index in [0.29, 0.717) is 6.42 Å². The number of amides is 1. The number of carbonyl (C=O) groups is 1. The van der Waals surface area contributed by atoms with E-state index < -0.39 is 11.9 Å². The molecule has 0 spiro atoms. The summed E-state index contributed by atoms with van der Waals surface area (Å²) in [6.45, 7) is 2.35. The number of likely N-dealkylation sites (tertiary alicyclic amines) is 1. The first kappa shape index (κ1) is 14.2. The molecule has 0 unspecified atom stereocenters. The van der Waals surface area contributed by atoms with E-state index in [4.69, 9.17) is 0 Å². The summed E-state index contributed by atoms with van der Waals surface area (Å²) in [7, 11) is 0. The number of hydrogen-bond acceptors (Lipinski definition) is 4. The topological polar surface area (TPSA) is 58.1 Å². The lowest BCUT2D eigenvalue weighted by atomic mass is 10.1. The van der Waals surface area contributed by atoms with E-state index >= 15 is 0 Å². The van der Waals surface area contributed by atoms with Crippen molar-refractivity contribution in [3.8, 4) is 0 Å². The van der Waals surface area contributed by atoms with Crippen LogP contribution in [0.15, 0.2) is 6.07 Å². The molecule has 2 atom stereocenters. The van der Waals surface area contributed by atoms with E-state index in [0.717, 1.165) is 19.0 Å². The van der Waals surface area contributed by atoms with Crippen LogP contribution in [0, 0.1) is 6.92 Å². The van der Waals surface area contributed by atoms with Gasteiger partial charge in [-0.05, 0) is 26.0 Å². The number of aromatic nitrogens is 2. The highest BCUT2D eigenvalue weighted by Crippen LogP contribution is 2.30. The molecule has 0 aliphatic carbocycles. The summed E-state index contributed by atoms with van der Waals surface area (Å²) in [6, 6.07) is 1.05. The Kier molecular flexibility index (Phi) is 3.35. The summed E-state index contributed by atoms with van der Waals surface area (Å²) in [6.07, 6.45) is -3.30. The Bertz CT molecular complexity index is 575. The van der Waals surface area contributed by atoms with E-state index in [2.05, 4.69) is 15.3 Å². The van der Waals surface area contributed by atoms with Crippen molar-refractivity contribution in [2.24, 2.45) is 0 Å². The van der Waals surface area contributed by atoms with Crippen LogP contribution in [0.4, 0.5) is 13.2 Å². The zero-order chi connectivity index (χ0) is 15.2. The van der Waals surface area contributed by atoms with Gasteiger partial charge in [0.1, 0.15) is 11.5 Å². The SMILES string of the molecule is Cc1cc(C(F)(F)F)nc(CN2C(=O)C[C@H]3NCC[C@H]32)n1. The van der Waals surface area contributed by atoms with Crippen molar-refractivity contribution in [3.63, 3.8) is 0 Å². The highest BCUT2D eigenvalue weighted by molar-refractivity contribution is 5.80. The second-order valence-corrected chi connectivity index (χ2v) is 5.45. The second kappa shape index (κ2) is 4.94. The summed E-state index contributed by atoms with van der Waals surface area (Å²) in [5.41, 5.74) is -0.710. The van der Waals surface area contributed by atoms with Crippen LogP contribution in [-0.4, -0.2) is 39.4 Å². The smallest absolute Gasteiger partial charge is 0.330 e. The molecule has 0 saturated carbocycles. The van der Waals surface area contributed by atoms with Gasteiger partial charge < -0.3 is 10.2 Å². The van der Waals surface area contributed by atoms with Crippen LogP contribution in [0.2, 0.25) is 0 Å². The van der Waals surface area contributed by atoms with Crippen LogP contribution in [-0.2, 0) is 17.5 Å². The first-order valence-corrected chi connectivity index (χ1v) is 6.79. The van der Waals surface area contributed by atoms with Crippen molar-refractivity contribution in [2.45, 2.75) is 44.6 Å². The van der Waals surface area contributed by atoms with Crippen molar-refractivity contribution in [1.29, 1.82) is 0 Å². The summed E-state index contributed by atoms with van der Waals surface area (Å²) >= 11 is 0. The Morgan fingerprint density at radius 3 is 2.90 bits per heavy atom. The van der Waals surface area contributed by atoms with Gasteiger partial charge in [0, 0.05) is 24.2 Å². The number of alkyl halides is 3. The maximum Gasteiger partial charge on any atom is 0.433 e. The second-order valence-electron chi connectivity index (χ2n) is 5.45. The number of aryl methyl sites for hydroxylation is 1. The van der Waals surface area contributed by atoms with Gasteiger partial charge in [-0.15, -0.1) is 0 Å². The minimum Gasteiger partial charge on any atom is -0.330 e. The molecule has 0 bridgehead atoms. The number of carbonyl (C=O) groups excluding carboxylic acids is 1. The molecule has 114 valence electrons. The quantitative estimate of drug-likeness (QED) is 0.893. The van der Waals surface area contributed by atoms with Crippen LogP contribution in [0.5, 0.6) is 0 Å². The Balaban J connectivity index is 1.84. The highest BCUT2D eigenvalue weighted by atomic mass is 19.4. The lowest BCUT2D eigenvalue weighted by molar-refractivity contribution is -0.141. The molecule has 1 aromatic heterocycles. The molecule has 8 heteroatoms. The van der Waals surface area contributed by atoms with E-state index in [-0.39, 0.29) is 36.1 Å². The average molecular weight is 300 g/mol. The van der Waals surface area contributed by atoms with Crippen LogP contribution >= 0.6 is 0 Å². The number of hydrogen-bond donors (Lipinski definition) is 1. The Morgan fingerprint density at radius 2 is 2.19 bits per heavy atom. The predicted octanol–water partition coefficient (Wildman–Crippen LogP) is 1.27. The molecule has 2 aliphatic heterocycles. The largest absolute Gasteiger partial charge is 0.433 e. The van der Waals surface area contributed by atoms with Gasteiger partial charge in [0.25, 0.3) is 0 Å². The molecule has 2 saturated heterocycles. The normalized spacial score (nSPS) is 25.5. The Morgan fingerprint density at radius 1 is 1.43 bits per heavy atom. The van der Waals surface area contributed by atoms with Crippen LogP contribution in [0.3, 0.4) is 0 Å². The minimum absolute atomic E-state index is 0.0342. The van der Waals surface area contributed by atoms with Crippen molar-refractivity contribution in [2.75, 3.05) is 6.54 Å². The molecular formula is C13H15F3N4O. The Hall–Kier alpha value is -1.70. The lowest BCUT2D eigenvalue weighted by Gasteiger charge is -2.23. The molecule has 3 heterocycles. The van der Waals surface area contributed by atoms with Gasteiger partial charge in [-0.2, -0.15) is 13.2 Å². The van der Waals surface area contributed by atoms with E-state index in [1.807, 2.05) is 0 Å². The number of halogens is 3. The molecule has 0 radical (unpaired) electrons. The van der Waals surface area contributed by atoms with Crippen LogP contribution in [0.1, 0.15) is 30.1 Å². The van der Waals surface area contributed by atoms with Gasteiger partial charge in [0.05, 0.1) is 6.54 Å². The fourth-order valence-electron chi connectivity index (χ4n) is 3.03. The predicted molar refractivity (Wildman–Crippen MR) is 67.1 cm³/mol. The monoisotopic (exact) mass is 300 g/mol. The standard InChI is InChI=1S/C13H15F3N4O/c1-7-4-10(13(14,15)16)19-11(18-7)6-20-9-2-3-17-8(9)5-12(20)21/h4,8-9,17H,2-3,5-6H2,1H3/t8-,9-/m1/s1. The zero-order valence-electron chi connectivity index (χ0n) is 11.4. The average Bonchev–Trinajstić information content (AvgIpc) is 2.91. The third-order valence-corrected chi connectivity index (χ3v) is 3.93. The van der Waals surface area contributed by atoms with Gasteiger partial charge in [-0.1, -0.05) is 0 Å². The van der Waals surface area contributed by atoms with Gasteiger partial charge in [-0.25, -0.2) is 9.97 Å².